The van der Waals surface area contributed by atoms with Gasteiger partial charge < -0.3 is 20.2 Å². The predicted molar refractivity (Wildman–Crippen MR) is 92.9 cm³/mol. The Labute approximate surface area is 151 Å². The Morgan fingerprint density at radius 3 is 2.65 bits per heavy atom. The molecule has 0 spiro atoms. The number of piperidine rings is 1. The zero-order valence-corrected chi connectivity index (χ0v) is 14.8. The van der Waals surface area contributed by atoms with Crippen molar-refractivity contribution in [2.24, 2.45) is 0 Å². The standard InChI is InChI=1S/C17H23N5O4/c1-11-12(10-19-17(20-11)21-6-3-2-4-7-21)16(26)22-8-5-18-15(25)13(22)9-14(23)24/h10,13H,2-9H2,1H3,(H,18,25)(H,23,24). The third-order valence-electron chi connectivity index (χ3n) is 4.80. The molecule has 1 unspecified atom stereocenters. The molecule has 0 bridgehead atoms. The first-order valence-corrected chi connectivity index (χ1v) is 8.86. The number of rotatable bonds is 4. The summed E-state index contributed by atoms with van der Waals surface area (Å²) in [6, 6.07) is -1.02. The van der Waals surface area contributed by atoms with Crippen LogP contribution in [0.5, 0.6) is 0 Å². The smallest absolute Gasteiger partial charge is 0.305 e. The molecule has 140 valence electrons. The molecule has 3 rings (SSSR count). The number of anilines is 1. The second-order valence-electron chi connectivity index (χ2n) is 6.62. The highest BCUT2D eigenvalue weighted by Gasteiger charge is 2.36. The Kier molecular flexibility index (Phi) is 5.34. The minimum atomic E-state index is -1.13. The molecular weight excluding hydrogens is 338 g/mol. The molecule has 2 aliphatic heterocycles. The zero-order valence-electron chi connectivity index (χ0n) is 14.8. The fourth-order valence-corrected chi connectivity index (χ4v) is 3.39. The van der Waals surface area contributed by atoms with E-state index in [0.29, 0.717) is 23.8 Å². The zero-order chi connectivity index (χ0) is 18.7. The third kappa shape index (κ3) is 3.76. The van der Waals surface area contributed by atoms with E-state index >= 15 is 0 Å². The first kappa shape index (κ1) is 18.1. The number of carbonyl (C=O) groups excluding carboxylic acids is 2. The number of aromatic nitrogens is 2. The molecule has 9 nitrogen and oxygen atoms in total. The van der Waals surface area contributed by atoms with E-state index in [1.807, 2.05) is 0 Å². The van der Waals surface area contributed by atoms with Crippen molar-refractivity contribution in [1.82, 2.24) is 20.2 Å². The molecule has 0 saturated carbocycles. The van der Waals surface area contributed by atoms with Gasteiger partial charge in [0.15, 0.2) is 0 Å². The lowest BCUT2D eigenvalue weighted by atomic mass is 10.1. The molecule has 0 radical (unpaired) electrons. The van der Waals surface area contributed by atoms with E-state index in [9.17, 15) is 14.4 Å². The minimum absolute atomic E-state index is 0.260. The van der Waals surface area contributed by atoms with Gasteiger partial charge in [-0.05, 0) is 26.2 Å². The van der Waals surface area contributed by atoms with E-state index in [1.165, 1.54) is 17.5 Å². The molecule has 2 N–H and O–H groups in total. The second kappa shape index (κ2) is 7.67. The van der Waals surface area contributed by atoms with Gasteiger partial charge in [0.2, 0.25) is 11.9 Å². The van der Waals surface area contributed by atoms with Crippen LogP contribution in [0.2, 0.25) is 0 Å². The molecule has 1 aromatic rings. The Balaban J connectivity index is 1.81. The maximum Gasteiger partial charge on any atom is 0.305 e. The van der Waals surface area contributed by atoms with Crippen LogP contribution < -0.4 is 10.2 Å². The molecule has 2 aliphatic rings. The number of hydrogen-bond donors (Lipinski definition) is 2. The molecule has 1 aromatic heterocycles. The van der Waals surface area contributed by atoms with Gasteiger partial charge >= 0.3 is 5.97 Å². The predicted octanol–water partition coefficient (Wildman–Crippen LogP) is 0.191. The van der Waals surface area contributed by atoms with Crippen LogP contribution in [0.3, 0.4) is 0 Å². The highest BCUT2D eigenvalue weighted by atomic mass is 16.4. The summed E-state index contributed by atoms with van der Waals surface area (Å²) < 4.78 is 0. The van der Waals surface area contributed by atoms with Gasteiger partial charge in [-0.15, -0.1) is 0 Å². The van der Waals surface area contributed by atoms with Gasteiger partial charge in [0.25, 0.3) is 5.91 Å². The van der Waals surface area contributed by atoms with Gasteiger partial charge in [-0.2, -0.15) is 0 Å². The summed E-state index contributed by atoms with van der Waals surface area (Å²) in [4.78, 5) is 48.2. The lowest BCUT2D eigenvalue weighted by molar-refractivity contribution is -0.142. The SMILES string of the molecule is Cc1nc(N2CCCCC2)ncc1C(=O)N1CCNC(=O)C1CC(=O)O. The summed E-state index contributed by atoms with van der Waals surface area (Å²) in [5.74, 6) is -1.38. The van der Waals surface area contributed by atoms with Gasteiger partial charge in [0.05, 0.1) is 17.7 Å². The third-order valence-corrected chi connectivity index (χ3v) is 4.80. The highest BCUT2D eigenvalue weighted by molar-refractivity contribution is 5.99. The first-order valence-electron chi connectivity index (χ1n) is 8.86. The second-order valence-corrected chi connectivity index (χ2v) is 6.62. The number of nitrogens with one attached hydrogen (secondary N) is 1. The highest BCUT2D eigenvalue weighted by Crippen LogP contribution is 2.19. The van der Waals surface area contributed by atoms with Crippen LogP contribution in [-0.2, 0) is 9.59 Å². The van der Waals surface area contributed by atoms with Gasteiger partial charge in [-0.1, -0.05) is 0 Å². The molecule has 0 aliphatic carbocycles. The summed E-state index contributed by atoms with van der Waals surface area (Å²) in [5.41, 5.74) is 0.835. The van der Waals surface area contributed by atoms with Crippen LogP contribution in [0.4, 0.5) is 5.95 Å². The number of aryl methyl sites for hydroxylation is 1. The summed E-state index contributed by atoms with van der Waals surface area (Å²) >= 11 is 0. The van der Waals surface area contributed by atoms with Gasteiger partial charge in [-0.3, -0.25) is 14.4 Å². The molecule has 2 amide bonds. The minimum Gasteiger partial charge on any atom is -0.481 e. The van der Waals surface area contributed by atoms with E-state index in [2.05, 4.69) is 20.2 Å². The van der Waals surface area contributed by atoms with Crippen molar-refractivity contribution in [3.05, 3.63) is 17.5 Å². The van der Waals surface area contributed by atoms with Gasteiger partial charge in [-0.25, -0.2) is 9.97 Å². The van der Waals surface area contributed by atoms with Crippen LogP contribution in [0.1, 0.15) is 41.7 Å². The quantitative estimate of drug-likeness (QED) is 0.786. The molecule has 1 atom stereocenters. The van der Waals surface area contributed by atoms with Crippen LogP contribution in [0, 0.1) is 6.92 Å². The normalized spacial score (nSPS) is 20.7. The fourth-order valence-electron chi connectivity index (χ4n) is 3.39. The molecule has 3 heterocycles. The Morgan fingerprint density at radius 1 is 1.27 bits per heavy atom. The molecule has 9 heteroatoms. The lowest BCUT2D eigenvalue weighted by Crippen LogP contribution is -2.57. The number of nitrogens with zero attached hydrogens (tertiary/aromatic N) is 4. The van der Waals surface area contributed by atoms with E-state index in [0.717, 1.165) is 25.9 Å². The Morgan fingerprint density at radius 2 is 2.00 bits per heavy atom. The number of hydrogen-bond acceptors (Lipinski definition) is 6. The van der Waals surface area contributed by atoms with Crippen molar-refractivity contribution in [2.75, 3.05) is 31.1 Å². The van der Waals surface area contributed by atoms with Crippen molar-refractivity contribution < 1.29 is 19.5 Å². The van der Waals surface area contributed by atoms with E-state index in [-0.39, 0.29) is 6.54 Å². The van der Waals surface area contributed by atoms with Crippen molar-refractivity contribution in [2.45, 2.75) is 38.6 Å². The Bertz CT molecular complexity index is 717. The molecule has 2 fully saturated rings. The Hall–Kier alpha value is -2.71. The number of amides is 2. The maximum absolute atomic E-state index is 12.9. The van der Waals surface area contributed by atoms with Gasteiger partial charge in [0.1, 0.15) is 6.04 Å². The van der Waals surface area contributed by atoms with Crippen LogP contribution in [-0.4, -0.2) is 70.0 Å². The molecule has 26 heavy (non-hydrogen) atoms. The molecular formula is C17H23N5O4. The van der Waals surface area contributed by atoms with Crippen LogP contribution in [0.25, 0.3) is 0 Å². The summed E-state index contributed by atoms with van der Waals surface area (Å²) in [6.07, 6.45) is 4.46. The van der Waals surface area contributed by atoms with E-state index in [4.69, 9.17) is 5.11 Å². The largest absolute Gasteiger partial charge is 0.481 e. The van der Waals surface area contributed by atoms with Crippen molar-refractivity contribution in [1.29, 1.82) is 0 Å². The topological polar surface area (TPSA) is 116 Å². The van der Waals surface area contributed by atoms with E-state index < -0.39 is 30.2 Å². The molecule has 0 aromatic carbocycles. The number of piperazine rings is 1. The maximum atomic E-state index is 12.9. The van der Waals surface area contributed by atoms with Crippen molar-refractivity contribution >= 4 is 23.7 Å². The fraction of sp³-hybridized carbons (Fsp3) is 0.588. The summed E-state index contributed by atoms with van der Waals surface area (Å²) in [7, 11) is 0. The van der Waals surface area contributed by atoms with Crippen LogP contribution >= 0.6 is 0 Å². The average Bonchev–Trinajstić information content (AvgIpc) is 2.63. The summed E-state index contributed by atoms with van der Waals surface area (Å²) in [6.45, 7) is 4.10. The first-order chi connectivity index (χ1) is 12.5. The lowest BCUT2D eigenvalue weighted by Gasteiger charge is -2.34. The number of carbonyl (C=O) groups is 3. The number of carboxylic acids is 1. The summed E-state index contributed by atoms with van der Waals surface area (Å²) in [5, 5.41) is 11.6. The average molecular weight is 361 g/mol. The number of aliphatic carboxylic acids is 1. The molecule has 2 saturated heterocycles. The van der Waals surface area contributed by atoms with Crippen LogP contribution in [0.15, 0.2) is 6.20 Å². The van der Waals surface area contributed by atoms with Crippen molar-refractivity contribution in [3.8, 4) is 0 Å². The van der Waals surface area contributed by atoms with Gasteiger partial charge in [0, 0.05) is 32.4 Å². The van der Waals surface area contributed by atoms with E-state index in [1.54, 1.807) is 6.92 Å². The number of carboxylic acid groups (broad SMARTS) is 1. The monoisotopic (exact) mass is 361 g/mol. The van der Waals surface area contributed by atoms with Crippen molar-refractivity contribution in [3.63, 3.8) is 0 Å².